The van der Waals surface area contributed by atoms with Crippen LogP contribution in [0.1, 0.15) is 11.4 Å². The van der Waals surface area contributed by atoms with Crippen LogP contribution in [0.3, 0.4) is 0 Å². The molecule has 0 aliphatic rings. The van der Waals surface area contributed by atoms with Gasteiger partial charge in [0.1, 0.15) is 5.82 Å². The van der Waals surface area contributed by atoms with E-state index in [0.29, 0.717) is 5.52 Å². The summed E-state index contributed by atoms with van der Waals surface area (Å²) in [4.78, 5) is 17.7. The number of para-hydroxylation sites is 3. The Bertz CT molecular complexity index is 1220. The van der Waals surface area contributed by atoms with Crippen LogP contribution in [-0.4, -0.2) is 9.55 Å². The number of aromatic nitrogens is 2. The Morgan fingerprint density at radius 2 is 1.52 bits per heavy atom. The van der Waals surface area contributed by atoms with Gasteiger partial charge >= 0.3 is 6.18 Å². The van der Waals surface area contributed by atoms with Crippen LogP contribution in [0, 0.1) is 0 Å². The molecule has 0 unspecified atom stereocenters. The fourth-order valence-corrected chi connectivity index (χ4v) is 3.19. The summed E-state index contributed by atoms with van der Waals surface area (Å²) in [6.45, 7) is 0.0796. The summed E-state index contributed by atoms with van der Waals surface area (Å²) in [5, 5.41) is 3.38. The first-order valence-corrected chi connectivity index (χ1v) is 8.91. The third-order valence-corrected chi connectivity index (χ3v) is 4.52. The quantitative estimate of drug-likeness (QED) is 0.528. The minimum Gasteiger partial charge on any atom is -0.378 e. The van der Waals surface area contributed by atoms with Crippen molar-refractivity contribution in [2.75, 3.05) is 5.32 Å². The molecule has 3 aromatic carbocycles. The lowest BCUT2D eigenvalue weighted by atomic mass is 10.1. The van der Waals surface area contributed by atoms with Gasteiger partial charge in [0, 0.05) is 5.69 Å². The minimum atomic E-state index is -4.61. The Balaban J connectivity index is 1.93. The zero-order chi connectivity index (χ0) is 20.4. The number of hydrogen-bond donors (Lipinski definition) is 1. The van der Waals surface area contributed by atoms with E-state index in [1.165, 1.54) is 18.2 Å². The highest BCUT2D eigenvalue weighted by molar-refractivity contribution is 5.78. The first kappa shape index (κ1) is 18.7. The third-order valence-electron chi connectivity index (χ3n) is 4.52. The number of halogens is 3. The molecule has 0 radical (unpaired) electrons. The Morgan fingerprint density at radius 3 is 2.28 bits per heavy atom. The van der Waals surface area contributed by atoms with E-state index in [1.807, 2.05) is 30.3 Å². The Labute approximate surface area is 164 Å². The molecular formula is C22H16F3N3O. The fraction of sp³-hybridized carbons (Fsp3) is 0.0909. The van der Waals surface area contributed by atoms with E-state index in [0.717, 1.165) is 16.3 Å². The zero-order valence-electron chi connectivity index (χ0n) is 15.1. The molecule has 1 N–H and O–H groups in total. The number of alkyl halides is 3. The molecule has 4 aromatic rings. The third kappa shape index (κ3) is 3.71. The van der Waals surface area contributed by atoms with Gasteiger partial charge in [0.2, 0.25) is 0 Å². The van der Waals surface area contributed by atoms with Crippen LogP contribution < -0.4 is 10.9 Å². The first-order valence-electron chi connectivity index (χ1n) is 8.91. The Kier molecular flexibility index (Phi) is 4.80. The molecule has 7 heteroatoms. The molecule has 0 amide bonds. The summed E-state index contributed by atoms with van der Waals surface area (Å²) in [6.07, 6.45) is -4.61. The van der Waals surface area contributed by atoms with Gasteiger partial charge in [0.15, 0.2) is 0 Å². The number of hydrogen-bond acceptors (Lipinski definition) is 3. The molecule has 0 spiro atoms. The predicted octanol–water partition coefficient (Wildman–Crippen LogP) is 5.02. The summed E-state index contributed by atoms with van der Waals surface area (Å²) in [5.74, 6) is 0.189. The molecule has 0 fully saturated rings. The van der Waals surface area contributed by atoms with Gasteiger partial charge in [0.05, 0.1) is 28.7 Å². The van der Waals surface area contributed by atoms with Crippen LogP contribution in [0.2, 0.25) is 0 Å². The van der Waals surface area contributed by atoms with E-state index >= 15 is 0 Å². The maximum atomic E-state index is 13.6. The van der Waals surface area contributed by atoms with E-state index in [2.05, 4.69) is 10.3 Å². The highest BCUT2D eigenvalue weighted by atomic mass is 19.4. The van der Waals surface area contributed by atoms with Gasteiger partial charge in [0.25, 0.3) is 5.56 Å². The van der Waals surface area contributed by atoms with Crippen molar-refractivity contribution in [3.8, 4) is 5.69 Å². The van der Waals surface area contributed by atoms with Gasteiger partial charge in [-0.15, -0.1) is 0 Å². The van der Waals surface area contributed by atoms with Crippen LogP contribution >= 0.6 is 0 Å². The molecule has 0 saturated heterocycles. The van der Waals surface area contributed by atoms with Gasteiger partial charge in [-0.3, -0.25) is 9.36 Å². The number of fused-ring (bicyclic) bond motifs is 1. The van der Waals surface area contributed by atoms with Gasteiger partial charge in [-0.2, -0.15) is 13.2 Å². The topological polar surface area (TPSA) is 46.9 Å². The molecule has 0 bridgehead atoms. The van der Waals surface area contributed by atoms with Crippen molar-refractivity contribution in [2.45, 2.75) is 12.7 Å². The Hall–Kier alpha value is -3.61. The molecule has 1 aromatic heterocycles. The molecule has 4 nitrogen and oxygen atoms in total. The second kappa shape index (κ2) is 7.43. The largest absolute Gasteiger partial charge is 0.418 e. The second-order valence-corrected chi connectivity index (χ2v) is 6.42. The SMILES string of the molecule is O=c1c2ccccc2nc(CNc2ccccc2)n1-c1ccccc1C(F)(F)F. The zero-order valence-corrected chi connectivity index (χ0v) is 15.1. The van der Waals surface area contributed by atoms with E-state index in [4.69, 9.17) is 0 Å². The summed E-state index contributed by atoms with van der Waals surface area (Å²) in [7, 11) is 0. The van der Waals surface area contributed by atoms with Crippen LogP contribution in [0.4, 0.5) is 18.9 Å². The predicted molar refractivity (Wildman–Crippen MR) is 106 cm³/mol. The summed E-state index contributed by atoms with van der Waals surface area (Å²) >= 11 is 0. The van der Waals surface area contributed by atoms with Crippen LogP contribution in [0.25, 0.3) is 16.6 Å². The van der Waals surface area contributed by atoms with Crippen LogP contribution in [0.15, 0.2) is 83.7 Å². The van der Waals surface area contributed by atoms with Gasteiger partial charge < -0.3 is 5.32 Å². The number of benzene rings is 3. The second-order valence-electron chi connectivity index (χ2n) is 6.42. The van der Waals surface area contributed by atoms with Crippen molar-refractivity contribution >= 4 is 16.6 Å². The van der Waals surface area contributed by atoms with Gasteiger partial charge in [-0.05, 0) is 36.4 Å². The molecule has 0 aliphatic carbocycles. The van der Waals surface area contributed by atoms with Gasteiger partial charge in [-0.1, -0.05) is 42.5 Å². The number of anilines is 1. The van der Waals surface area contributed by atoms with Crippen molar-refractivity contribution in [2.24, 2.45) is 0 Å². The lowest BCUT2D eigenvalue weighted by Crippen LogP contribution is -2.27. The van der Waals surface area contributed by atoms with E-state index in [9.17, 15) is 18.0 Å². The van der Waals surface area contributed by atoms with Crippen LogP contribution in [0.5, 0.6) is 0 Å². The van der Waals surface area contributed by atoms with E-state index in [-0.39, 0.29) is 23.4 Å². The standard InChI is InChI=1S/C22H16F3N3O/c23-22(24,25)17-11-5-7-13-19(17)28-20(14-26-15-8-2-1-3-9-15)27-18-12-6-4-10-16(18)21(28)29/h1-13,26H,14H2. The molecule has 0 aliphatic heterocycles. The smallest absolute Gasteiger partial charge is 0.378 e. The van der Waals surface area contributed by atoms with Crippen molar-refractivity contribution in [3.63, 3.8) is 0 Å². The number of rotatable bonds is 4. The van der Waals surface area contributed by atoms with Crippen molar-refractivity contribution in [1.29, 1.82) is 0 Å². The first-order chi connectivity index (χ1) is 13.9. The molecular weight excluding hydrogens is 379 g/mol. The molecule has 146 valence electrons. The van der Waals surface area contributed by atoms with Crippen molar-refractivity contribution in [1.82, 2.24) is 9.55 Å². The molecule has 0 saturated carbocycles. The highest BCUT2D eigenvalue weighted by Crippen LogP contribution is 2.33. The molecule has 4 rings (SSSR count). The molecule has 1 heterocycles. The minimum absolute atomic E-state index is 0.0796. The average molecular weight is 395 g/mol. The maximum Gasteiger partial charge on any atom is 0.418 e. The van der Waals surface area contributed by atoms with E-state index in [1.54, 1.807) is 24.3 Å². The summed E-state index contributed by atoms with van der Waals surface area (Å²) in [5.41, 5.74) is -0.473. The lowest BCUT2D eigenvalue weighted by Gasteiger charge is -2.18. The molecule has 0 atom stereocenters. The molecule has 29 heavy (non-hydrogen) atoms. The maximum absolute atomic E-state index is 13.6. The normalized spacial score (nSPS) is 11.6. The van der Waals surface area contributed by atoms with Crippen LogP contribution in [-0.2, 0) is 12.7 Å². The van der Waals surface area contributed by atoms with Crippen molar-refractivity contribution in [3.05, 3.63) is 101 Å². The fourth-order valence-electron chi connectivity index (χ4n) is 3.19. The lowest BCUT2D eigenvalue weighted by molar-refractivity contribution is -0.137. The Morgan fingerprint density at radius 1 is 0.862 bits per heavy atom. The highest BCUT2D eigenvalue weighted by Gasteiger charge is 2.34. The summed E-state index contributed by atoms with van der Waals surface area (Å²) < 4.78 is 41.9. The van der Waals surface area contributed by atoms with E-state index < -0.39 is 17.3 Å². The number of nitrogens with one attached hydrogen (secondary N) is 1. The average Bonchev–Trinajstić information content (AvgIpc) is 2.72. The summed E-state index contributed by atoms with van der Waals surface area (Å²) in [6, 6.07) is 20.8. The number of nitrogens with zero attached hydrogens (tertiary/aromatic N) is 2. The monoisotopic (exact) mass is 395 g/mol. The van der Waals surface area contributed by atoms with Crippen molar-refractivity contribution < 1.29 is 13.2 Å². The van der Waals surface area contributed by atoms with Gasteiger partial charge in [-0.25, -0.2) is 4.98 Å².